The van der Waals surface area contributed by atoms with E-state index in [9.17, 15) is 4.79 Å². The van der Waals surface area contributed by atoms with E-state index in [1.54, 1.807) is 6.21 Å². The number of anilines is 2. The lowest BCUT2D eigenvalue weighted by Crippen LogP contribution is -2.36. The van der Waals surface area contributed by atoms with Gasteiger partial charge < -0.3 is 14.4 Å². The fourth-order valence-corrected chi connectivity index (χ4v) is 2.03. The van der Waals surface area contributed by atoms with Crippen LogP contribution in [0.5, 0.6) is 0 Å². The monoisotopic (exact) mass is 321 g/mol. The van der Waals surface area contributed by atoms with Crippen molar-refractivity contribution in [3.05, 3.63) is 12.1 Å². The Morgan fingerprint density at radius 1 is 1.43 bits per heavy atom. The Bertz CT molecular complexity index is 512. The smallest absolute Gasteiger partial charge is 0.306 e. The first-order valence-electron chi connectivity index (χ1n) is 7.78. The van der Waals surface area contributed by atoms with Gasteiger partial charge in [-0.1, -0.05) is 0 Å². The Morgan fingerprint density at radius 3 is 2.87 bits per heavy atom. The number of hydrogen-bond donors (Lipinski definition) is 1. The zero-order valence-corrected chi connectivity index (χ0v) is 13.6. The fourth-order valence-electron chi connectivity index (χ4n) is 2.03. The van der Waals surface area contributed by atoms with Crippen molar-refractivity contribution in [3.63, 3.8) is 0 Å². The number of esters is 1. The molecule has 0 atom stereocenters. The lowest BCUT2D eigenvalue weighted by molar-refractivity contribution is -0.147. The Hall–Kier alpha value is -2.22. The van der Waals surface area contributed by atoms with E-state index < -0.39 is 0 Å². The van der Waals surface area contributed by atoms with Crippen LogP contribution in [-0.2, 0) is 14.3 Å². The summed E-state index contributed by atoms with van der Waals surface area (Å²) in [5.74, 6) is 1.17. The Kier molecular flexibility index (Phi) is 6.74. The van der Waals surface area contributed by atoms with Crippen LogP contribution in [0.4, 0.5) is 11.6 Å². The molecule has 0 radical (unpaired) electrons. The third kappa shape index (κ3) is 6.19. The molecule has 23 heavy (non-hydrogen) atoms. The largest absolute Gasteiger partial charge is 0.463 e. The fraction of sp³-hybridized carbons (Fsp3) is 0.600. The van der Waals surface area contributed by atoms with Gasteiger partial charge in [0.1, 0.15) is 0 Å². The summed E-state index contributed by atoms with van der Waals surface area (Å²) in [5, 5.41) is 12.3. The van der Waals surface area contributed by atoms with Gasteiger partial charge in [-0.15, -0.1) is 10.2 Å². The Morgan fingerprint density at radius 2 is 2.22 bits per heavy atom. The van der Waals surface area contributed by atoms with Gasteiger partial charge >= 0.3 is 5.97 Å². The van der Waals surface area contributed by atoms with Crippen molar-refractivity contribution >= 4 is 23.8 Å². The zero-order valence-electron chi connectivity index (χ0n) is 13.6. The summed E-state index contributed by atoms with van der Waals surface area (Å²) >= 11 is 0. The summed E-state index contributed by atoms with van der Waals surface area (Å²) in [6.07, 6.45) is 2.36. The van der Waals surface area contributed by atoms with Crippen LogP contribution in [0.1, 0.15) is 26.7 Å². The first-order chi connectivity index (χ1) is 11.1. The molecule has 1 fully saturated rings. The van der Waals surface area contributed by atoms with Crippen LogP contribution < -0.4 is 10.3 Å². The molecule has 126 valence electrons. The molecule has 0 aromatic carbocycles. The minimum absolute atomic E-state index is 0.0854. The van der Waals surface area contributed by atoms with Crippen molar-refractivity contribution < 1.29 is 14.3 Å². The molecule has 0 saturated carbocycles. The van der Waals surface area contributed by atoms with Gasteiger partial charge in [-0.2, -0.15) is 5.10 Å². The zero-order chi connectivity index (χ0) is 16.5. The second-order valence-corrected chi connectivity index (χ2v) is 5.38. The van der Waals surface area contributed by atoms with E-state index in [-0.39, 0.29) is 12.1 Å². The van der Waals surface area contributed by atoms with Gasteiger partial charge in [0.15, 0.2) is 11.6 Å². The second-order valence-electron chi connectivity index (χ2n) is 5.38. The molecule has 1 saturated heterocycles. The van der Waals surface area contributed by atoms with Gasteiger partial charge in [-0.05, 0) is 32.4 Å². The second kappa shape index (κ2) is 9.04. The molecule has 1 aliphatic heterocycles. The summed E-state index contributed by atoms with van der Waals surface area (Å²) < 4.78 is 10.3. The minimum Gasteiger partial charge on any atom is -0.463 e. The number of hydrogen-bond acceptors (Lipinski definition) is 8. The third-order valence-corrected chi connectivity index (χ3v) is 3.10. The van der Waals surface area contributed by atoms with Gasteiger partial charge in [0.25, 0.3) is 0 Å². The van der Waals surface area contributed by atoms with Gasteiger partial charge in [-0.3, -0.25) is 10.2 Å². The van der Waals surface area contributed by atoms with Gasteiger partial charge in [0.2, 0.25) is 0 Å². The molecule has 8 heteroatoms. The Balaban J connectivity index is 1.71. The molecular formula is C15H23N5O3. The van der Waals surface area contributed by atoms with E-state index in [2.05, 4.69) is 25.6 Å². The van der Waals surface area contributed by atoms with Crippen LogP contribution in [0.15, 0.2) is 17.2 Å². The molecule has 1 aromatic rings. The van der Waals surface area contributed by atoms with Crippen molar-refractivity contribution in [2.75, 3.05) is 36.6 Å². The molecule has 0 spiro atoms. The predicted molar refractivity (Wildman–Crippen MR) is 87.6 cm³/mol. The number of nitrogens with zero attached hydrogens (tertiary/aromatic N) is 4. The van der Waals surface area contributed by atoms with Crippen LogP contribution in [0.3, 0.4) is 0 Å². The number of nitrogens with one attached hydrogen (secondary N) is 1. The highest BCUT2D eigenvalue weighted by atomic mass is 16.5. The number of hydrazone groups is 1. The van der Waals surface area contributed by atoms with E-state index >= 15 is 0 Å². The molecule has 1 aliphatic rings. The molecule has 1 aromatic heterocycles. The summed E-state index contributed by atoms with van der Waals surface area (Å²) in [4.78, 5) is 13.5. The normalized spacial score (nSPS) is 15.2. The number of rotatable bonds is 7. The maximum absolute atomic E-state index is 11.3. The molecule has 0 amide bonds. The van der Waals surface area contributed by atoms with Crippen molar-refractivity contribution in [2.45, 2.75) is 32.8 Å². The van der Waals surface area contributed by atoms with Crippen LogP contribution in [0, 0.1) is 0 Å². The highest BCUT2D eigenvalue weighted by Gasteiger charge is 2.12. The van der Waals surface area contributed by atoms with Crippen molar-refractivity contribution in [1.29, 1.82) is 0 Å². The summed E-state index contributed by atoms with van der Waals surface area (Å²) in [6, 6.07) is 3.72. The molecule has 0 unspecified atom stereocenters. The van der Waals surface area contributed by atoms with Gasteiger partial charge in [-0.25, -0.2) is 0 Å². The maximum atomic E-state index is 11.3. The van der Waals surface area contributed by atoms with E-state index in [0.29, 0.717) is 31.9 Å². The van der Waals surface area contributed by atoms with Crippen molar-refractivity contribution in [2.24, 2.45) is 5.10 Å². The summed E-state index contributed by atoms with van der Waals surface area (Å²) in [7, 11) is 0. The highest BCUT2D eigenvalue weighted by Crippen LogP contribution is 2.13. The SMILES string of the molecule is CC(C)OC(=O)CCC=NNc1ccc(N2CCOCC2)nn1. The molecule has 2 heterocycles. The minimum atomic E-state index is -0.221. The molecule has 8 nitrogen and oxygen atoms in total. The van der Waals surface area contributed by atoms with Crippen molar-refractivity contribution in [1.82, 2.24) is 10.2 Å². The molecule has 1 N–H and O–H groups in total. The van der Waals surface area contributed by atoms with E-state index in [4.69, 9.17) is 9.47 Å². The average molecular weight is 321 g/mol. The summed E-state index contributed by atoms with van der Waals surface area (Å²) in [6.45, 7) is 6.73. The van der Waals surface area contributed by atoms with Crippen LogP contribution in [0.2, 0.25) is 0 Å². The molecular weight excluding hydrogens is 298 g/mol. The number of carbonyl (C=O) groups is 1. The Labute approximate surface area is 135 Å². The van der Waals surface area contributed by atoms with E-state index in [1.165, 1.54) is 0 Å². The van der Waals surface area contributed by atoms with Crippen molar-refractivity contribution in [3.8, 4) is 0 Å². The third-order valence-electron chi connectivity index (χ3n) is 3.10. The molecule has 0 aliphatic carbocycles. The van der Waals surface area contributed by atoms with Crippen LogP contribution in [-0.4, -0.2) is 54.8 Å². The maximum Gasteiger partial charge on any atom is 0.306 e. The average Bonchev–Trinajstić information content (AvgIpc) is 2.55. The van der Waals surface area contributed by atoms with Gasteiger partial charge in [0.05, 0.1) is 25.7 Å². The van der Waals surface area contributed by atoms with Gasteiger partial charge in [0, 0.05) is 19.3 Å². The number of ether oxygens (including phenoxy) is 2. The predicted octanol–water partition coefficient (Wildman–Crippen LogP) is 1.44. The lowest BCUT2D eigenvalue weighted by atomic mass is 10.3. The lowest BCUT2D eigenvalue weighted by Gasteiger charge is -2.27. The quantitative estimate of drug-likeness (QED) is 0.462. The van der Waals surface area contributed by atoms with Crippen LogP contribution in [0.25, 0.3) is 0 Å². The van der Waals surface area contributed by atoms with E-state index in [1.807, 2.05) is 26.0 Å². The number of carbonyl (C=O) groups excluding carboxylic acids is 1. The first kappa shape index (κ1) is 17.1. The standard InChI is InChI=1S/C15H23N5O3/c1-12(2)23-15(21)4-3-7-16-17-13-5-6-14(19-18-13)20-8-10-22-11-9-20/h5-7,12H,3-4,8-11H2,1-2H3,(H,17,18). The first-order valence-corrected chi connectivity index (χ1v) is 7.78. The highest BCUT2D eigenvalue weighted by molar-refractivity contribution is 5.73. The number of morpholine rings is 1. The summed E-state index contributed by atoms with van der Waals surface area (Å²) in [5.41, 5.74) is 2.79. The topological polar surface area (TPSA) is 88.9 Å². The molecule has 2 rings (SSSR count). The molecule has 0 bridgehead atoms. The van der Waals surface area contributed by atoms with Crippen LogP contribution >= 0.6 is 0 Å². The number of aromatic nitrogens is 2. The van der Waals surface area contributed by atoms with E-state index in [0.717, 1.165) is 18.9 Å².